The first-order valence-corrected chi connectivity index (χ1v) is 5.34. The molecule has 7 nitrogen and oxygen atoms in total. The molecule has 0 fully saturated rings. The van der Waals surface area contributed by atoms with Gasteiger partial charge in [-0.15, -0.1) is 0 Å². The number of hydrogen-bond donors (Lipinski definition) is 3. The van der Waals surface area contributed by atoms with Crippen LogP contribution in [0.2, 0.25) is 0 Å². The predicted molar refractivity (Wildman–Crippen MR) is 67.4 cm³/mol. The van der Waals surface area contributed by atoms with Gasteiger partial charge in [-0.2, -0.15) is 0 Å². The smallest absolute Gasteiger partial charge is 0.337 e. The lowest BCUT2D eigenvalue weighted by Crippen LogP contribution is -2.24. The third-order valence-corrected chi connectivity index (χ3v) is 2.31. The van der Waals surface area contributed by atoms with E-state index in [9.17, 15) is 9.59 Å². The highest BCUT2D eigenvalue weighted by atomic mass is 16.4. The zero-order valence-corrected chi connectivity index (χ0v) is 10.3. The molecule has 1 amide bonds. The molecule has 1 aromatic rings. The zero-order chi connectivity index (χ0) is 13.7. The van der Waals surface area contributed by atoms with E-state index in [0.717, 1.165) is 0 Å². The number of carboxylic acid groups (broad SMARTS) is 1. The number of carbonyl (C=O) groups is 2. The molecule has 0 atom stereocenters. The molecular weight excluding hydrogens is 236 g/mol. The Labute approximate surface area is 105 Å². The molecule has 18 heavy (non-hydrogen) atoms. The number of carbonyl (C=O) groups excluding carboxylic acids is 1. The minimum atomic E-state index is -1.09. The van der Waals surface area contributed by atoms with Crippen molar-refractivity contribution in [1.29, 1.82) is 0 Å². The number of nitrogens with one attached hydrogen (secondary N) is 1. The fraction of sp³-hybridized carbons (Fsp3) is 0.364. The van der Waals surface area contributed by atoms with Crippen LogP contribution in [0.5, 0.6) is 0 Å². The van der Waals surface area contributed by atoms with Gasteiger partial charge >= 0.3 is 5.97 Å². The van der Waals surface area contributed by atoms with Gasteiger partial charge in [0.2, 0.25) is 5.91 Å². The summed E-state index contributed by atoms with van der Waals surface area (Å²) in [6.07, 6.45) is 1.62. The van der Waals surface area contributed by atoms with Crippen molar-refractivity contribution in [2.45, 2.75) is 6.42 Å². The van der Waals surface area contributed by atoms with Crippen molar-refractivity contribution >= 4 is 23.4 Å². The lowest BCUT2D eigenvalue weighted by Gasteiger charge is -2.12. The standard InChI is InChI=1S/C11H16N4O3/c1-15(2)10(16)3-4-13-8-6-14-9(12)5-7(8)11(17)18/h5-6,13H,3-4H2,1-2H3,(H2,12,14)(H,17,18). The molecule has 1 rings (SSSR count). The maximum atomic E-state index is 11.3. The summed E-state index contributed by atoms with van der Waals surface area (Å²) in [5.41, 5.74) is 5.81. The Bertz CT molecular complexity index is 460. The normalized spacial score (nSPS) is 9.89. The molecule has 0 unspecified atom stereocenters. The molecule has 0 aliphatic rings. The van der Waals surface area contributed by atoms with Gasteiger partial charge in [0.05, 0.1) is 17.4 Å². The number of amides is 1. The average molecular weight is 252 g/mol. The summed E-state index contributed by atoms with van der Waals surface area (Å²) in [7, 11) is 3.32. The molecule has 0 aliphatic carbocycles. The van der Waals surface area contributed by atoms with Crippen molar-refractivity contribution in [2.24, 2.45) is 0 Å². The molecule has 0 aromatic carbocycles. The van der Waals surface area contributed by atoms with Crippen LogP contribution in [0.4, 0.5) is 11.5 Å². The van der Waals surface area contributed by atoms with Crippen molar-refractivity contribution in [1.82, 2.24) is 9.88 Å². The molecule has 1 aromatic heterocycles. The number of nitrogens with two attached hydrogens (primary N) is 1. The van der Waals surface area contributed by atoms with Crippen LogP contribution < -0.4 is 11.1 Å². The Morgan fingerprint density at radius 1 is 1.50 bits per heavy atom. The van der Waals surface area contributed by atoms with Crippen LogP contribution in [0.25, 0.3) is 0 Å². The van der Waals surface area contributed by atoms with Gasteiger partial charge < -0.3 is 21.1 Å². The van der Waals surface area contributed by atoms with Crippen molar-refractivity contribution in [3.05, 3.63) is 17.8 Å². The van der Waals surface area contributed by atoms with Gasteiger partial charge in [0, 0.05) is 27.1 Å². The maximum Gasteiger partial charge on any atom is 0.337 e. The second-order valence-electron chi connectivity index (χ2n) is 3.92. The van der Waals surface area contributed by atoms with Crippen LogP contribution in [0.15, 0.2) is 12.3 Å². The van der Waals surface area contributed by atoms with Gasteiger partial charge in [-0.05, 0) is 6.07 Å². The van der Waals surface area contributed by atoms with E-state index in [1.54, 1.807) is 14.1 Å². The first-order valence-electron chi connectivity index (χ1n) is 5.34. The molecule has 0 bridgehead atoms. The van der Waals surface area contributed by atoms with E-state index in [2.05, 4.69) is 10.3 Å². The van der Waals surface area contributed by atoms with Gasteiger partial charge in [0.1, 0.15) is 5.82 Å². The molecule has 0 radical (unpaired) electrons. The van der Waals surface area contributed by atoms with Crippen LogP contribution in [0, 0.1) is 0 Å². The fourth-order valence-corrected chi connectivity index (χ4v) is 1.32. The summed E-state index contributed by atoms with van der Waals surface area (Å²) in [5.74, 6) is -0.990. The number of anilines is 2. The molecule has 7 heteroatoms. The van der Waals surface area contributed by atoms with Crippen LogP contribution in [-0.2, 0) is 4.79 Å². The Balaban J connectivity index is 2.68. The number of nitrogen functional groups attached to an aromatic ring is 1. The first kappa shape index (κ1) is 13.8. The van der Waals surface area contributed by atoms with Crippen LogP contribution in [-0.4, -0.2) is 47.5 Å². The third-order valence-electron chi connectivity index (χ3n) is 2.31. The lowest BCUT2D eigenvalue weighted by molar-refractivity contribution is -0.128. The number of aromatic nitrogens is 1. The molecule has 1 heterocycles. The summed E-state index contributed by atoms with van der Waals surface area (Å²) in [6, 6.07) is 1.28. The number of aromatic carboxylic acids is 1. The lowest BCUT2D eigenvalue weighted by atomic mass is 10.2. The summed E-state index contributed by atoms with van der Waals surface area (Å²) in [5, 5.41) is 11.8. The second kappa shape index (κ2) is 5.85. The molecular formula is C11H16N4O3. The van der Waals surface area contributed by atoms with E-state index < -0.39 is 5.97 Å². The largest absolute Gasteiger partial charge is 0.478 e. The van der Waals surface area contributed by atoms with Gasteiger partial charge in [-0.25, -0.2) is 9.78 Å². The third kappa shape index (κ3) is 3.62. The topological polar surface area (TPSA) is 109 Å². The quantitative estimate of drug-likeness (QED) is 0.693. The number of hydrogen-bond acceptors (Lipinski definition) is 5. The van der Waals surface area contributed by atoms with Crippen LogP contribution in [0.1, 0.15) is 16.8 Å². The summed E-state index contributed by atoms with van der Waals surface area (Å²) >= 11 is 0. The van der Waals surface area contributed by atoms with E-state index in [0.29, 0.717) is 12.2 Å². The predicted octanol–water partition coefficient (Wildman–Crippen LogP) is 0.252. The van der Waals surface area contributed by atoms with E-state index in [-0.39, 0.29) is 23.7 Å². The van der Waals surface area contributed by atoms with Crippen LogP contribution >= 0.6 is 0 Å². The van der Waals surface area contributed by atoms with Gasteiger partial charge in [-0.1, -0.05) is 0 Å². The Morgan fingerprint density at radius 3 is 2.72 bits per heavy atom. The SMILES string of the molecule is CN(C)C(=O)CCNc1cnc(N)cc1C(=O)O. The van der Waals surface area contributed by atoms with Gasteiger partial charge in [0.25, 0.3) is 0 Å². The molecule has 0 aliphatic heterocycles. The Hall–Kier alpha value is -2.31. The summed E-state index contributed by atoms with van der Waals surface area (Å²) in [6.45, 7) is 0.336. The van der Waals surface area contributed by atoms with E-state index in [1.807, 2.05) is 0 Å². The Morgan fingerprint density at radius 2 is 2.17 bits per heavy atom. The fourth-order valence-electron chi connectivity index (χ4n) is 1.32. The van der Waals surface area contributed by atoms with Crippen molar-refractivity contribution in [2.75, 3.05) is 31.7 Å². The highest BCUT2D eigenvalue weighted by Crippen LogP contribution is 2.16. The Kier molecular flexibility index (Phi) is 4.47. The first-order chi connectivity index (χ1) is 8.41. The van der Waals surface area contributed by atoms with Crippen molar-refractivity contribution in [3.8, 4) is 0 Å². The van der Waals surface area contributed by atoms with Crippen LogP contribution in [0.3, 0.4) is 0 Å². The second-order valence-corrected chi connectivity index (χ2v) is 3.92. The minimum absolute atomic E-state index is 0.0391. The number of rotatable bonds is 5. The van der Waals surface area contributed by atoms with E-state index in [1.165, 1.54) is 17.2 Å². The van der Waals surface area contributed by atoms with E-state index >= 15 is 0 Å². The van der Waals surface area contributed by atoms with Gasteiger partial charge in [-0.3, -0.25) is 4.79 Å². The van der Waals surface area contributed by atoms with E-state index in [4.69, 9.17) is 10.8 Å². The average Bonchev–Trinajstić information content (AvgIpc) is 2.30. The number of carboxylic acids is 1. The van der Waals surface area contributed by atoms with Gasteiger partial charge in [0.15, 0.2) is 0 Å². The molecule has 0 spiro atoms. The van der Waals surface area contributed by atoms with Crippen molar-refractivity contribution in [3.63, 3.8) is 0 Å². The molecule has 4 N–H and O–H groups in total. The highest BCUT2D eigenvalue weighted by molar-refractivity contribution is 5.94. The zero-order valence-electron chi connectivity index (χ0n) is 10.3. The summed E-state index contributed by atoms with van der Waals surface area (Å²) in [4.78, 5) is 27.6. The monoisotopic (exact) mass is 252 g/mol. The number of pyridine rings is 1. The molecule has 0 saturated heterocycles. The summed E-state index contributed by atoms with van der Waals surface area (Å²) < 4.78 is 0. The highest BCUT2D eigenvalue weighted by Gasteiger charge is 2.11. The minimum Gasteiger partial charge on any atom is -0.478 e. The number of nitrogens with zero attached hydrogens (tertiary/aromatic N) is 2. The molecule has 98 valence electrons. The molecule has 0 saturated carbocycles. The van der Waals surface area contributed by atoms with Crippen molar-refractivity contribution < 1.29 is 14.7 Å². The maximum absolute atomic E-state index is 11.3.